The highest BCUT2D eigenvalue weighted by Gasteiger charge is 2.13. The van der Waals surface area contributed by atoms with Crippen molar-refractivity contribution in [3.05, 3.63) is 35.3 Å². The average Bonchev–Trinajstić information content (AvgIpc) is 2.74. The van der Waals surface area contributed by atoms with Gasteiger partial charge in [-0.3, -0.25) is 4.79 Å². The fourth-order valence-corrected chi connectivity index (χ4v) is 1.27. The molecule has 6 nitrogen and oxygen atoms in total. The monoisotopic (exact) mass is 238 g/mol. The molecule has 1 amide bonds. The minimum absolute atomic E-state index is 0.0789. The minimum atomic E-state index is -0.446. The maximum atomic E-state index is 11.7. The van der Waals surface area contributed by atoms with Gasteiger partial charge < -0.3 is 15.6 Å². The van der Waals surface area contributed by atoms with E-state index in [1.54, 1.807) is 0 Å². The van der Waals surface area contributed by atoms with E-state index in [0.29, 0.717) is 11.5 Å². The number of hydrogen-bond acceptors (Lipinski definition) is 5. The number of anilines is 2. The third kappa shape index (κ3) is 2.12. The number of hydrogen-bond donors (Lipinski definition) is 2. The highest BCUT2D eigenvalue weighted by Crippen LogP contribution is 2.16. The van der Waals surface area contributed by atoms with Crippen molar-refractivity contribution in [3.63, 3.8) is 0 Å². The van der Waals surface area contributed by atoms with Crippen LogP contribution in [0.3, 0.4) is 0 Å². The van der Waals surface area contributed by atoms with Crippen LogP contribution in [0, 0.1) is 0 Å². The predicted molar refractivity (Wildman–Crippen MR) is 58.1 cm³/mol. The Bertz CT molecular complexity index is 512. The molecule has 0 aliphatic rings. The smallest absolute Gasteiger partial charge is 0.260 e. The van der Waals surface area contributed by atoms with Crippen LogP contribution in [0.2, 0.25) is 5.15 Å². The second kappa shape index (κ2) is 4.19. The van der Waals surface area contributed by atoms with Crippen LogP contribution in [0.15, 0.2) is 29.1 Å². The number of aromatic nitrogens is 2. The molecule has 2 heterocycles. The normalized spacial score (nSPS) is 10.1. The molecule has 0 radical (unpaired) electrons. The summed E-state index contributed by atoms with van der Waals surface area (Å²) in [5.41, 5.74) is 6.04. The Kier molecular flexibility index (Phi) is 2.74. The summed E-state index contributed by atoms with van der Waals surface area (Å²) in [4.78, 5) is 15.5. The van der Waals surface area contributed by atoms with Gasteiger partial charge in [0.1, 0.15) is 11.4 Å². The van der Waals surface area contributed by atoms with Crippen LogP contribution in [0.4, 0.5) is 11.5 Å². The lowest BCUT2D eigenvalue weighted by molar-refractivity contribution is 0.102. The third-order valence-electron chi connectivity index (χ3n) is 1.78. The number of nitrogens with one attached hydrogen (secondary N) is 1. The van der Waals surface area contributed by atoms with Crippen LogP contribution in [0.1, 0.15) is 10.4 Å². The number of nitrogens with two attached hydrogens (primary N) is 1. The Morgan fingerprint density at radius 1 is 1.56 bits per heavy atom. The van der Waals surface area contributed by atoms with Gasteiger partial charge in [0.15, 0.2) is 5.82 Å². The zero-order chi connectivity index (χ0) is 11.5. The molecule has 2 aromatic heterocycles. The van der Waals surface area contributed by atoms with Crippen LogP contribution in [-0.2, 0) is 0 Å². The summed E-state index contributed by atoms with van der Waals surface area (Å²) in [6.45, 7) is 0. The van der Waals surface area contributed by atoms with E-state index in [4.69, 9.17) is 17.3 Å². The van der Waals surface area contributed by atoms with E-state index >= 15 is 0 Å². The average molecular weight is 239 g/mol. The van der Waals surface area contributed by atoms with E-state index < -0.39 is 5.91 Å². The number of carbonyl (C=O) groups is 1. The standard InChI is InChI=1S/C9H7ClN4O2/c10-8-6(3-5(11)4-12-8)9(15)13-7-1-2-16-14-7/h1-4H,11H2,(H,13,14,15). The predicted octanol–water partition coefficient (Wildman–Crippen LogP) is 1.56. The van der Waals surface area contributed by atoms with Gasteiger partial charge in [0.05, 0.1) is 17.4 Å². The molecule has 0 saturated heterocycles. The molecule has 0 aromatic carbocycles. The molecular formula is C9H7ClN4O2. The summed E-state index contributed by atoms with van der Waals surface area (Å²) in [6.07, 6.45) is 2.71. The van der Waals surface area contributed by atoms with E-state index in [2.05, 4.69) is 20.0 Å². The maximum Gasteiger partial charge on any atom is 0.260 e. The zero-order valence-electron chi connectivity index (χ0n) is 7.98. The Morgan fingerprint density at radius 2 is 2.38 bits per heavy atom. The number of pyridine rings is 1. The van der Waals surface area contributed by atoms with E-state index in [9.17, 15) is 4.79 Å². The topological polar surface area (TPSA) is 94.0 Å². The summed E-state index contributed by atoms with van der Waals surface area (Å²) in [5.74, 6) is -0.151. The lowest BCUT2D eigenvalue weighted by Crippen LogP contribution is -2.13. The summed E-state index contributed by atoms with van der Waals surface area (Å²) in [7, 11) is 0. The van der Waals surface area contributed by atoms with E-state index in [1.165, 1.54) is 24.6 Å². The first-order valence-electron chi connectivity index (χ1n) is 4.29. The van der Waals surface area contributed by atoms with Crippen molar-refractivity contribution in [2.75, 3.05) is 11.1 Å². The van der Waals surface area contributed by atoms with Gasteiger partial charge in [-0.2, -0.15) is 0 Å². The van der Waals surface area contributed by atoms with Gasteiger partial charge in [-0.25, -0.2) is 4.98 Å². The van der Waals surface area contributed by atoms with Crippen LogP contribution in [-0.4, -0.2) is 16.0 Å². The summed E-state index contributed by atoms with van der Waals surface area (Å²) < 4.78 is 4.57. The van der Waals surface area contributed by atoms with Gasteiger partial charge in [-0.15, -0.1) is 0 Å². The van der Waals surface area contributed by atoms with Gasteiger partial charge >= 0.3 is 0 Å². The lowest BCUT2D eigenvalue weighted by atomic mass is 10.2. The van der Waals surface area contributed by atoms with Crippen LogP contribution in [0.25, 0.3) is 0 Å². The van der Waals surface area contributed by atoms with Crippen molar-refractivity contribution in [1.82, 2.24) is 10.1 Å². The van der Waals surface area contributed by atoms with Crippen molar-refractivity contribution in [2.24, 2.45) is 0 Å². The molecule has 0 bridgehead atoms. The highest BCUT2D eigenvalue weighted by molar-refractivity contribution is 6.33. The molecule has 0 saturated carbocycles. The Hall–Kier alpha value is -2.08. The number of carbonyl (C=O) groups excluding carboxylic acids is 1. The van der Waals surface area contributed by atoms with Crippen LogP contribution in [0.5, 0.6) is 0 Å². The van der Waals surface area contributed by atoms with Gasteiger partial charge in [0.25, 0.3) is 5.91 Å². The summed E-state index contributed by atoms with van der Waals surface area (Å²) >= 11 is 5.76. The Morgan fingerprint density at radius 3 is 3.06 bits per heavy atom. The van der Waals surface area contributed by atoms with E-state index in [1.807, 2.05) is 0 Å². The van der Waals surface area contributed by atoms with E-state index in [-0.39, 0.29) is 10.7 Å². The lowest BCUT2D eigenvalue weighted by Gasteiger charge is -2.03. The molecule has 82 valence electrons. The maximum absolute atomic E-state index is 11.7. The van der Waals surface area contributed by atoms with Crippen molar-refractivity contribution < 1.29 is 9.32 Å². The van der Waals surface area contributed by atoms with Gasteiger partial charge in [0, 0.05) is 6.07 Å². The van der Waals surface area contributed by atoms with Crippen molar-refractivity contribution >= 4 is 29.0 Å². The first-order valence-corrected chi connectivity index (χ1v) is 4.67. The Labute approximate surface area is 95.4 Å². The molecule has 2 rings (SSSR count). The molecule has 0 unspecified atom stereocenters. The first-order chi connectivity index (χ1) is 7.66. The number of rotatable bonds is 2. The fraction of sp³-hybridized carbons (Fsp3) is 0. The summed E-state index contributed by atoms with van der Waals surface area (Å²) in [6, 6.07) is 2.94. The van der Waals surface area contributed by atoms with Crippen LogP contribution >= 0.6 is 11.6 Å². The number of halogens is 1. The van der Waals surface area contributed by atoms with Gasteiger partial charge in [-0.1, -0.05) is 16.8 Å². The molecule has 16 heavy (non-hydrogen) atoms. The molecule has 7 heteroatoms. The number of amides is 1. The highest BCUT2D eigenvalue weighted by atomic mass is 35.5. The SMILES string of the molecule is Nc1cnc(Cl)c(C(=O)Nc2ccon2)c1. The molecule has 0 spiro atoms. The Balaban J connectivity index is 2.24. The molecular weight excluding hydrogens is 232 g/mol. The fourth-order valence-electron chi connectivity index (χ4n) is 1.08. The first kappa shape index (κ1) is 10.4. The number of nitrogen functional groups attached to an aromatic ring is 1. The minimum Gasteiger partial charge on any atom is -0.397 e. The second-order valence-corrected chi connectivity index (χ2v) is 3.30. The second-order valence-electron chi connectivity index (χ2n) is 2.95. The van der Waals surface area contributed by atoms with Crippen molar-refractivity contribution in [2.45, 2.75) is 0 Å². The molecule has 0 fully saturated rings. The molecule has 0 atom stereocenters. The zero-order valence-corrected chi connectivity index (χ0v) is 8.73. The molecule has 3 N–H and O–H groups in total. The molecule has 2 aromatic rings. The van der Waals surface area contributed by atoms with Gasteiger partial charge in [0.2, 0.25) is 0 Å². The van der Waals surface area contributed by atoms with Gasteiger partial charge in [-0.05, 0) is 6.07 Å². The van der Waals surface area contributed by atoms with Crippen molar-refractivity contribution in [3.8, 4) is 0 Å². The third-order valence-corrected chi connectivity index (χ3v) is 2.09. The summed E-state index contributed by atoms with van der Waals surface area (Å²) in [5, 5.41) is 6.09. The molecule has 0 aliphatic carbocycles. The molecule has 0 aliphatic heterocycles. The quantitative estimate of drug-likeness (QED) is 0.775. The van der Waals surface area contributed by atoms with E-state index in [0.717, 1.165) is 0 Å². The van der Waals surface area contributed by atoms with Crippen molar-refractivity contribution in [1.29, 1.82) is 0 Å². The number of nitrogens with zero attached hydrogens (tertiary/aromatic N) is 2. The van der Waals surface area contributed by atoms with Crippen LogP contribution < -0.4 is 11.1 Å². The largest absolute Gasteiger partial charge is 0.397 e.